The van der Waals surface area contributed by atoms with E-state index in [1.807, 2.05) is 24.3 Å². The first-order valence-electron chi connectivity index (χ1n) is 8.08. The Balaban J connectivity index is 1.93. The van der Waals surface area contributed by atoms with E-state index in [4.69, 9.17) is 0 Å². The van der Waals surface area contributed by atoms with Gasteiger partial charge in [0.15, 0.2) is 5.71 Å². The fourth-order valence-electron chi connectivity index (χ4n) is 3.32. The van der Waals surface area contributed by atoms with Gasteiger partial charge in [-0.15, -0.1) is 5.10 Å². The van der Waals surface area contributed by atoms with E-state index in [0.29, 0.717) is 11.8 Å². The van der Waals surface area contributed by atoms with E-state index < -0.39 is 0 Å². The van der Waals surface area contributed by atoms with Crippen LogP contribution in [0.4, 0.5) is 5.69 Å². The molecular formula is C19H22N4O. The van der Waals surface area contributed by atoms with Crippen LogP contribution < -0.4 is 4.90 Å². The molecule has 0 saturated carbocycles. The molecule has 24 heavy (non-hydrogen) atoms. The summed E-state index contributed by atoms with van der Waals surface area (Å²) >= 11 is 0. The monoisotopic (exact) mass is 322 g/mol. The van der Waals surface area contributed by atoms with Crippen LogP contribution in [0.25, 0.3) is 0 Å². The van der Waals surface area contributed by atoms with Crippen molar-refractivity contribution in [2.75, 3.05) is 11.9 Å². The third-order valence-electron chi connectivity index (χ3n) is 4.42. The third kappa shape index (κ3) is 2.56. The van der Waals surface area contributed by atoms with Crippen LogP contribution >= 0.6 is 0 Å². The van der Waals surface area contributed by atoms with Crippen LogP contribution in [0.5, 0.6) is 0 Å². The Morgan fingerprint density at radius 3 is 2.54 bits per heavy atom. The molecule has 1 aliphatic heterocycles. The average Bonchev–Trinajstić information content (AvgIpc) is 2.96. The van der Waals surface area contributed by atoms with Gasteiger partial charge < -0.3 is 9.47 Å². The molecule has 0 aliphatic carbocycles. The number of nitrogens with zero attached hydrogens (tertiary/aromatic N) is 4. The van der Waals surface area contributed by atoms with Crippen molar-refractivity contribution < 1.29 is 4.79 Å². The second-order valence-corrected chi connectivity index (χ2v) is 6.36. The quantitative estimate of drug-likeness (QED) is 0.630. The lowest BCUT2D eigenvalue weighted by Gasteiger charge is -2.13. The second kappa shape index (κ2) is 6.07. The summed E-state index contributed by atoms with van der Waals surface area (Å²) in [6, 6.07) is 10.1. The SMILES string of the molecule is Cc1cc(/C=N\N=C2\C(=O)N(C)c3ccccc32)c(C)n1C(C)C. The molecule has 2 aromatic rings. The van der Waals surface area contributed by atoms with Gasteiger partial charge in [-0.1, -0.05) is 18.2 Å². The predicted octanol–water partition coefficient (Wildman–Crippen LogP) is 3.49. The summed E-state index contributed by atoms with van der Waals surface area (Å²) in [6.45, 7) is 8.48. The molecule has 0 bridgehead atoms. The number of para-hydroxylation sites is 1. The van der Waals surface area contributed by atoms with Gasteiger partial charge in [-0.3, -0.25) is 4.79 Å². The first kappa shape index (κ1) is 16.2. The number of anilines is 1. The zero-order chi connectivity index (χ0) is 17.4. The number of rotatable bonds is 3. The number of fused-ring (bicyclic) bond motifs is 1. The minimum atomic E-state index is -0.124. The standard InChI is InChI=1S/C19H22N4O/c1-12(2)23-13(3)10-15(14(23)4)11-20-21-18-16-8-6-7-9-17(16)22(5)19(18)24/h6-12H,1-5H3/b20-11-,21-18+. The Hall–Kier alpha value is -2.69. The summed E-state index contributed by atoms with van der Waals surface area (Å²) < 4.78 is 2.26. The number of likely N-dealkylation sites (N-methyl/N-ethyl adjacent to an activating group) is 1. The zero-order valence-electron chi connectivity index (χ0n) is 14.7. The van der Waals surface area contributed by atoms with Gasteiger partial charge >= 0.3 is 0 Å². The fourth-order valence-corrected chi connectivity index (χ4v) is 3.32. The maximum Gasteiger partial charge on any atom is 0.279 e. The summed E-state index contributed by atoms with van der Waals surface area (Å²) in [5.74, 6) is -0.124. The van der Waals surface area contributed by atoms with Crippen molar-refractivity contribution in [3.05, 3.63) is 52.8 Å². The lowest BCUT2D eigenvalue weighted by molar-refractivity contribution is -0.111. The van der Waals surface area contributed by atoms with Crippen LogP contribution in [-0.4, -0.2) is 29.4 Å². The summed E-state index contributed by atoms with van der Waals surface area (Å²) in [4.78, 5) is 13.9. The van der Waals surface area contributed by atoms with Crippen LogP contribution in [0.1, 0.15) is 42.4 Å². The number of aryl methyl sites for hydroxylation is 1. The number of hydrogen-bond donors (Lipinski definition) is 0. The molecule has 5 heteroatoms. The molecule has 124 valence electrons. The van der Waals surface area contributed by atoms with Crippen molar-refractivity contribution in [1.82, 2.24) is 4.57 Å². The lowest BCUT2D eigenvalue weighted by Crippen LogP contribution is -2.25. The molecule has 0 unspecified atom stereocenters. The Labute approximate surface area is 142 Å². The van der Waals surface area contributed by atoms with E-state index in [2.05, 4.69) is 48.5 Å². The number of carbonyl (C=O) groups excluding carboxylic acids is 1. The molecule has 3 rings (SSSR count). The zero-order valence-corrected chi connectivity index (χ0v) is 14.7. The Morgan fingerprint density at radius 1 is 1.17 bits per heavy atom. The van der Waals surface area contributed by atoms with Gasteiger partial charge in [0.1, 0.15) is 0 Å². The maximum absolute atomic E-state index is 12.3. The number of carbonyl (C=O) groups is 1. The Kier molecular flexibility index (Phi) is 4.09. The topological polar surface area (TPSA) is 50.0 Å². The Bertz CT molecular complexity index is 858. The van der Waals surface area contributed by atoms with Crippen LogP contribution in [0.3, 0.4) is 0 Å². The Morgan fingerprint density at radius 2 is 1.88 bits per heavy atom. The van der Waals surface area contributed by atoms with E-state index in [9.17, 15) is 4.79 Å². The van der Waals surface area contributed by atoms with E-state index in [1.165, 1.54) is 5.69 Å². The molecular weight excluding hydrogens is 300 g/mol. The summed E-state index contributed by atoms with van der Waals surface area (Å²) in [5, 5.41) is 8.39. The highest BCUT2D eigenvalue weighted by Gasteiger charge is 2.30. The van der Waals surface area contributed by atoms with Crippen molar-refractivity contribution in [3.63, 3.8) is 0 Å². The first-order valence-corrected chi connectivity index (χ1v) is 8.08. The van der Waals surface area contributed by atoms with Gasteiger partial charge in [-0.05, 0) is 39.8 Å². The second-order valence-electron chi connectivity index (χ2n) is 6.36. The van der Waals surface area contributed by atoms with Gasteiger partial charge in [0, 0.05) is 35.6 Å². The summed E-state index contributed by atoms with van der Waals surface area (Å²) in [6.07, 6.45) is 1.72. The van der Waals surface area contributed by atoms with Gasteiger partial charge in [0.05, 0.1) is 11.9 Å². The molecule has 1 aromatic heterocycles. The molecule has 2 heterocycles. The van der Waals surface area contributed by atoms with Crippen LogP contribution in [-0.2, 0) is 4.79 Å². The van der Waals surface area contributed by atoms with E-state index in [-0.39, 0.29) is 5.91 Å². The highest BCUT2D eigenvalue weighted by atomic mass is 16.2. The molecule has 0 radical (unpaired) electrons. The first-order chi connectivity index (χ1) is 11.4. The van der Waals surface area contributed by atoms with Crippen molar-refractivity contribution in [2.45, 2.75) is 33.7 Å². The molecule has 5 nitrogen and oxygen atoms in total. The fraction of sp³-hybridized carbons (Fsp3) is 0.316. The molecule has 1 aromatic carbocycles. The number of amides is 1. The van der Waals surface area contributed by atoms with E-state index in [1.54, 1.807) is 18.2 Å². The summed E-state index contributed by atoms with van der Waals surface area (Å²) in [7, 11) is 1.75. The van der Waals surface area contributed by atoms with E-state index in [0.717, 1.165) is 22.5 Å². The van der Waals surface area contributed by atoms with Crippen molar-refractivity contribution in [2.24, 2.45) is 10.2 Å². The summed E-state index contributed by atoms with van der Waals surface area (Å²) in [5.41, 5.74) is 5.46. The highest BCUT2D eigenvalue weighted by Crippen LogP contribution is 2.27. The highest BCUT2D eigenvalue weighted by molar-refractivity contribution is 6.54. The van der Waals surface area contributed by atoms with Gasteiger partial charge in [0.25, 0.3) is 5.91 Å². The van der Waals surface area contributed by atoms with Crippen LogP contribution in [0, 0.1) is 13.8 Å². The van der Waals surface area contributed by atoms with Crippen LogP contribution in [0.15, 0.2) is 40.5 Å². The van der Waals surface area contributed by atoms with E-state index >= 15 is 0 Å². The molecule has 0 fully saturated rings. The lowest BCUT2D eigenvalue weighted by atomic mass is 10.1. The number of aromatic nitrogens is 1. The molecule has 0 saturated heterocycles. The number of benzene rings is 1. The van der Waals surface area contributed by atoms with Crippen molar-refractivity contribution in [3.8, 4) is 0 Å². The smallest absolute Gasteiger partial charge is 0.279 e. The third-order valence-corrected chi connectivity index (χ3v) is 4.42. The van der Waals surface area contributed by atoms with Gasteiger partial charge in [0.2, 0.25) is 0 Å². The maximum atomic E-state index is 12.3. The molecule has 0 spiro atoms. The molecule has 0 N–H and O–H groups in total. The minimum Gasteiger partial charge on any atom is -0.346 e. The average molecular weight is 322 g/mol. The van der Waals surface area contributed by atoms with Crippen molar-refractivity contribution in [1.29, 1.82) is 0 Å². The predicted molar refractivity (Wildman–Crippen MR) is 98.3 cm³/mol. The number of hydrogen-bond acceptors (Lipinski definition) is 3. The van der Waals surface area contributed by atoms with Gasteiger partial charge in [-0.25, -0.2) is 0 Å². The minimum absolute atomic E-state index is 0.124. The van der Waals surface area contributed by atoms with Crippen LogP contribution in [0.2, 0.25) is 0 Å². The van der Waals surface area contributed by atoms with Gasteiger partial charge in [-0.2, -0.15) is 5.10 Å². The van der Waals surface area contributed by atoms with Crippen molar-refractivity contribution >= 4 is 23.5 Å². The largest absolute Gasteiger partial charge is 0.346 e. The molecule has 1 aliphatic rings. The molecule has 1 amide bonds. The normalized spacial score (nSPS) is 16.0. The molecule has 0 atom stereocenters.